The second-order valence-corrected chi connectivity index (χ2v) is 5.25. The molecule has 0 saturated heterocycles. The maximum absolute atomic E-state index is 11.3. The van der Waals surface area contributed by atoms with Crippen LogP contribution in [0.5, 0.6) is 5.75 Å². The molecule has 0 aliphatic rings. The molecule has 3 rings (SSSR count). The number of amides is 1. The Bertz CT molecular complexity index is 846. The zero-order valence-corrected chi connectivity index (χ0v) is 13.1. The second kappa shape index (κ2) is 7.41. The van der Waals surface area contributed by atoms with Crippen molar-refractivity contribution >= 4 is 22.5 Å². The lowest BCUT2D eigenvalue weighted by Gasteiger charge is -2.11. The van der Waals surface area contributed by atoms with E-state index in [1.54, 1.807) is 18.5 Å². The molecule has 0 radical (unpaired) electrons. The van der Waals surface area contributed by atoms with Crippen molar-refractivity contribution in [1.82, 2.24) is 9.97 Å². The third kappa shape index (κ3) is 3.60. The molecule has 0 spiro atoms. The first-order chi connectivity index (χ1) is 11.8. The number of carbonyl (C=O) groups excluding carboxylic acids is 1. The number of fused-ring (bicyclic) bond motifs is 1. The molecule has 0 aliphatic carbocycles. The smallest absolute Gasteiger partial charge is 0.252 e. The van der Waals surface area contributed by atoms with E-state index in [1.807, 2.05) is 30.3 Å². The van der Waals surface area contributed by atoms with Gasteiger partial charge in [0.15, 0.2) is 0 Å². The minimum atomic E-state index is -0.497. The van der Waals surface area contributed by atoms with Gasteiger partial charge in [-0.1, -0.05) is 18.2 Å². The van der Waals surface area contributed by atoms with Crippen molar-refractivity contribution in [2.45, 2.75) is 6.42 Å². The summed E-state index contributed by atoms with van der Waals surface area (Å²) in [5.41, 5.74) is 7.25. The summed E-state index contributed by atoms with van der Waals surface area (Å²) in [5.74, 6) is 0.276. The quantitative estimate of drug-likeness (QED) is 0.653. The van der Waals surface area contributed by atoms with Crippen LogP contribution in [0.1, 0.15) is 16.8 Å². The van der Waals surface area contributed by atoms with Crippen molar-refractivity contribution < 1.29 is 9.53 Å². The van der Waals surface area contributed by atoms with Crippen LogP contribution in [0.4, 0.5) is 5.69 Å². The van der Waals surface area contributed by atoms with Gasteiger partial charge in [0.25, 0.3) is 5.91 Å². The van der Waals surface area contributed by atoms with E-state index in [4.69, 9.17) is 10.5 Å². The lowest BCUT2D eigenvalue weighted by atomic mass is 10.2. The van der Waals surface area contributed by atoms with E-state index in [1.165, 1.54) is 6.20 Å². The topological polar surface area (TPSA) is 90.1 Å². The second-order valence-electron chi connectivity index (χ2n) is 5.25. The average Bonchev–Trinajstić information content (AvgIpc) is 2.62. The maximum atomic E-state index is 11.3. The fourth-order valence-electron chi connectivity index (χ4n) is 2.42. The Morgan fingerprint density at radius 3 is 2.92 bits per heavy atom. The van der Waals surface area contributed by atoms with Crippen LogP contribution in [-0.2, 0) is 0 Å². The Balaban J connectivity index is 1.53. The van der Waals surface area contributed by atoms with Gasteiger partial charge in [0.05, 0.1) is 17.9 Å². The van der Waals surface area contributed by atoms with E-state index in [0.717, 1.165) is 23.1 Å². The number of nitrogens with two attached hydrogens (primary N) is 1. The Kier molecular flexibility index (Phi) is 4.86. The minimum absolute atomic E-state index is 0.386. The summed E-state index contributed by atoms with van der Waals surface area (Å²) < 4.78 is 5.83. The van der Waals surface area contributed by atoms with E-state index < -0.39 is 5.91 Å². The first-order valence-corrected chi connectivity index (χ1v) is 7.70. The number of ether oxygens (including phenoxy) is 1. The van der Waals surface area contributed by atoms with Gasteiger partial charge in [-0.2, -0.15) is 0 Å². The molecule has 3 N–H and O–H groups in total. The number of aromatic nitrogens is 2. The number of nitrogens with one attached hydrogen (secondary N) is 1. The zero-order valence-electron chi connectivity index (χ0n) is 13.1. The van der Waals surface area contributed by atoms with E-state index in [2.05, 4.69) is 15.3 Å². The lowest BCUT2D eigenvalue weighted by molar-refractivity contribution is 0.100. The fraction of sp³-hybridized carbons (Fsp3) is 0.167. The van der Waals surface area contributed by atoms with E-state index in [9.17, 15) is 4.79 Å². The van der Waals surface area contributed by atoms with Crippen molar-refractivity contribution in [3.63, 3.8) is 0 Å². The molecule has 0 saturated carbocycles. The highest BCUT2D eigenvalue weighted by molar-refractivity contribution is 5.98. The molecule has 6 heteroatoms. The molecule has 0 atom stereocenters. The highest BCUT2D eigenvalue weighted by Crippen LogP contribution is 2.23. The third-order valence-corrected chi connectivity index (χ3v) is 3.58. The van der Waals surface area contributed by atoms with Crippen LogP contribution < -0.4 is 15.8 Å². The summed E-state index contributed by atoms with van der Waals surface area (Å²) in [4.78, 5) is 19.6. The number of anilines is 1. The van der Waals surface area contributed by atoms with Crippen LogP contribution >= 0.6 is 0 Å². The predicted octanol–water partition coefficient (Wildman–Crippen LogP) is 2.61. The summed E-state index contributed by atoms with van der Waals surface area (Å²) >= 11 is 0. The van der Waals surface area contributed by atoms with Gasteiger partial charge in [-0.3, -0.25) is 14.8 Å². The fourth-order valence-corrected chi connectivity index (χ4v) is 2.42. The van der Waals surface area contributed by atoms with Gasteiger partial charge >= 0.3 is 0 Å². The summed E-state index contributed by atoms with van der Waals surface area (Å²) in [6.07, 6.45) is 5.60. The molecule has 24 heavy (non-hydrogen) atoms. The maximum Gasteiger partial charge on any atom is 0.252 e. The standard InChI is InChI=1S/C18H18N4O2/c19-18(23)14-12-20-10-7-15(14)21-9-3-11-24-16-6-1-4-13-5-2-8-22-17(13)16/h1-2,4-8,10,12H,3,9,11H2,(H2,19,23)(H,20,21). The van der Waals surface area contributed by atoms with Gasteiger partial charge < -0.3 is 15.8 Å². The molecule has 3 aromatic rings. The van der Waals surface area contributed by atoms with E-state index >= 15 is 0 Å². The average molecular weight is 322 g/mol. The number of pyridine rings is 2. The first-order valence-electron chi connectivity index (χ1n) is 7.70. The number of rotatable bonds is 7. The normalized spacial score (nSPS) is 10.5. The van der Waals surface area contributed by atoms with Crippen molar-refractivity contribution in [3.05, 3.63) is 60.6 Å². The van der Waals surface area contributed by atoms with Gasteiger partial charge in [-0.25, -0.2) is 0 Å². The van der Waals surface area contributed by atoms with Gasteiger partial charge in [0.2, 0.25) is 0 Å². The molecule has 1 aromatic carbocycles. The number of benzene rings is 1. The van der Waals surface area contributed by atoms with Gasteiger partial charge in [-0.05, 0) is 24.6 Å². The molecule has 6 nitrogen and oxygen atoms in total. The Morgan fingerprint density at radius 1 is 1.17 bits per heavy atom. The van der Waals surface area contributed by atoms with Crippen LogP contribution in [0.15, 0.2) is 55.0 Å². The summed E-state index contributed by atoms with van der Waals surface area (Å²) in [6, 6.07) is 11.5. The Morgan fingerprint density at radius 2 is 2.04 bits per heavy atom. The number of carbonyl (C=O) groups is 1. The highest BCUT2D eigenvalue weighted by Gasteiger charge is 2.07. The van der Waals surface area contributed by atoms with E-state index in [-0.39, 0.29) is 0 Å². The lowest BCUT2D eigenvalue weighted by Crippen LogP contribution is -2.16. The predicted molar refractivity (Wildman–Crippen MR) is 93.1 cm³/mol. The van der Waals surface area contributed by atoms with Crippen molar-refractivity contribution in [3.8, 4) is 5.75 Å². The van der Waals surface area contributed by atoms with Crippen LogP contribution in [0.2, 0.25) is 0 Å². The Hall–Kier alpha value is -3.15. The number of primary amides is 1. The van der Waals surface area contributed by atoms with Crippen LogP contribution in [0.3, 0.4) is 0 Å². The third-order valence-electron chi connectivity index (χ3n) is 3.58. The molecule has 1 amide bonds. The summed E-state index contributed by atoms with van der Waals surface area (Å²) in [5, 5.41) is 4.23. The number of para-hydroxylation sites is 1. The van der Waals surface area contributed by atoms with E-state index in [0.29, 0.717) is 24.4 Å². The molecular weight excluding hydrogens is 304 g/mol. The molecule has 2 heterocycles. The van der Waals surface area contributed by atoms with Crippen LogP contribution in [-0.4, -0.2) is 29.0 Å². The minimum Gasteiger partial charge on any atom is -0.491 e. The molecule has 0 aliphatic heterocycles. The van der Waals surface area contributed by atoms with Crippen molar-refractivity contribution in [2.24, 2.45) is 5.73 Å². The SMILES string of the molecule is NC(=O)c1cnccc1NCCCOc1cccc2cccnc12. The number of hydrogen-bond donors (Lipinski definition) is 2. The highest BCUT2D eigenvalue weighted by atomic mass is 16.5. The molecule has 0 bridgehead atoms. The molecule has 0 unspecified atom stereocenters. The van der Waals surface area contributed by atoms with Gasteiger partial charge in [0.1, 0.15) is 11.3 Å². The van der Waals surface area contributed by atoms with Crippen LogP contribution in [0.25, 0.3) is 10.9 Å². The molecule has 122 valence electrons. The molecule has 2 aromatic heterocycles. The summed E-state index contributed by atoms with van der Waals surface area (Å²) in [7, 11) is 0. The van der Waals surface area contributed by atoms with Crippen LogP contribution in [0, 0.1) is 0 Å². The zero-order chi connectivity index (χ0) is 16.8. The van der Waals surface area contributed by atoms with Crippen molar-refractivity contribution in [1.29, 1.82) is 0 Å². The first kappa shape index (κ1) is 15.7. The molecule has 0 fully saturated rings. The monoisotopic (exact) mass is 322 g/mol. The van der Waals surface area contributed by atoms with Gasteiger partial charge in [-0.15, -0.1) is 0 Å². The summed E-state index contributed by atoms with van der Waals surface area (Å²) in [6.45, 7) is 1.20. The largest absolute Gasteiger partial charge is 0.491 e. The van der Waals surface area contributed by atoms with Crippen molar-refractivity contribution in [2.75, 3.05) is 18.5 Å². The Labute approximate surface area is 139 Å². The number of nitrogens with zero attached hydrogens (tertiary/aromatic N) is 2. The molecular formula is C18H18N4O2. The van der Waals surface area contributed by atoms with Gasteiger partial charge in [0, 0.05) is 30.5 Å². The number of hydrogen-bond acceptors (Lipinski definition) is 5.